The van der Waals surface area contributed by atoms with E-state index in [1.54, 1.807) is 6.20 Å². The van der Waals surface area contributed by atoms with Crippen molar-refractivity contribution in [1.82, 2.24) is 5.32 Å². The SMILES string of the molecule is CC(C)(C)N/C=C(/C#N)C=N. The number of hydrogen-bond donors (Lipinski definition) is 2. The molecule has 0 heterocycles. The molecule has 0 bridgehead atoms. The molecule has 3 nitrogen and oxygen atoms in total. The Morgan fingerprint density at radius 3 is 2.36 bits per heavy atom. The van der Waals surface area contributed by atoms with Crippen LogP contribution in [-0.2, 0) is 0 Å². The van der Waals surface area contributed by atoms with Gasteiger partial charge in [0.25, 0.3) is 0 Å². The number of nitrogens with one attached hydrogen (secondary N) is 2. The molecule has 0 rings (SSSR count). The molecule has 0 aromatic rings. The van der Waals surface area contributed by atoms with E-state index in [2.05, 4.69) is 5.32 Å². The monoisotopic (exact) mass is 151 g/mol. The van der Waals surface area contributed by atoms with Gasteiger partial charge in [0.05, 0.1) is 5.57 Å². The van der Waals surface area contributed by atoms with E-state index < -0.39 is 0 Å². The maximum absolute atomic E-state index is 8.41. The quantitative estimate of drug-likeness (QED) is 0.463. The van der Waals surface area contributed by atoms with Gasteiger partial charge in [0.2, 0.25) is 0 Å². The Kier molecular flexibility index (Phi) is 3.32. The molecule has 0 amide bonds. The second-order valence-electron chi connectivity index (χ2n) is 3.25. The summed E-state index contributed by atoms with van der Waals surface area (Å²) in [6.45, 7) is 5.97. The Hall–Kier alpha value is -1.30. The molecule has 0 aliphatic rings. The number of nitriles is 1. The zero-order chi connectivity index (χ0) is 8.91. The fraction of sp³-hybridized carbons (Fsp3) is 0.500. The van der Waals surface area contributed by atoms with Crippen molar-refractivity contribution in [1.29, 1.82) is 10.7 Å². The lowest BCUT2D eigenvalue weighted by atomic mass is 10.1. The van der Waals surface area contributed by atoms with Crippen LogP contribution in [0, 0.1) is 16.7 Å². The molecule has 2 N–H and O–H groups in total. The summed E-state index contributed by atoms with van der Waals surface area (Å²) in [6, 6.07) is 1.88. The fourth-order valence-corrected chi connectivity index (χ4v) is 0.400. The summed E-state index contributed by atoms with van der Waals surface area (Å²) >= 11 is 0. The molecule has 60 valence electrons. The van der Waals surface area contributed by atoms with Crippen molar-refractivity contribution in [3.63, 3.8) is 0 Å². The molecular weight excluding hydrogens is 138 g/mol. The molecule has 3 heteroatoms. The zero-order valence-corrected chi connectivity index (χ0v) is 7.10. The average molecular weight is 151 g/mol. The maximum atomic E-state index is 8.41. The first kappa shape index (κ1) is 9.70. The minimum absolute atomic E-state index is 0.0505. The summed E-state index contributed by atoms with van der Waals surface area (Å²) in [6.07, 6.45) is 2.58. The van der Waals surface area contributed by atoms with Crippen LogP contribution in [0.15, 0.2) is 11.8 Å². The van der Waals surface area contributed by atoms with Crippen LogP contribution in [0.25, 0.3) is 0 Å². The van der Waals surface area contributed by atoms with E-state index in [0.29, 0.717) is 5.57 Å². The maximum Gasteiger partial charge on any atom is 0.102 e. The molecule has 0 saturated heterocycles. The third-order valence-electron chi connectivity index (χ3n) is 0.945. The lowest BCUT2D eigenvalue weighted by Crippen LogP contribution is -2.31. The van der Waals surface area contributed by atoms with Crippen molar-refractivity contribution < 1.29 is 0 Å². The number of rotatable bonds is 2. The van der Waals surface area contributed by atoms with Crippen LogP contribution in [0.3, 0.4) is 0 Å². The molecular formula is C8H13N3. The van der Waals surface area contributed by atoms with E-state index >= 15 is 0 Å². The molecule has 0 radical (unpaired) electrons. The molecule has 0 aromatic heterocycles. The third-order valence-corrected chi connectivity index (χ3v) is 0.945. The zero-order valence-electron chi connectivity index (χ0n) is 7.10. The molecule has 11 heavy (non-hydrogen) atoms. The summed E-state index contributed by atoms with van der Waals surface area (Å²) in [4.78, 5) is 0. The van der Waals surface area contributed by atoms with Gasteiger partial charge in [-0.15, -0.1) is 0 Å². The highest BCUT2D eigenvalue weighted by molar-refractivity contribution is 5.80. The Bertz CT molecular complexity index is 202. The number of nitrogens with zero attached hydrogens (tertiary/aromatic N) is 1. The van der Waals surface area contributed by atoms with Crippen molar-refractivity contribution in [2.24, 2.45) is 0 Å². The van der Waals surface area contributed by atoms with E-state index in [0.717, 1.165) is 6.21 Å². The van der Waals surface area contributed by atoms with E-state index in [1.165, 1.54) is 0 Å². The molecule has 0 atom stereocenters. The van der Waals surface area contributed by atoms with Crippen LogP contribution in [-0.4, -0.2) is 11.8 Å². The number of hydrogen-bond acceptors (Lipinski definition) is 3. The Morgan fingerprint density at radius 1 is 1.55 bits per heavy atom. The van der Waals surface area contributed by atoms with Gasteiger partial charge >= 0.3 is 0 Å². The predicted octanol–water partition coefficient (Wildman–Crippen LogP) is 1.43. The summed E-state index contributed by atoms with van der Waals surface area (Å²) in [7, 11) is 0. The van der Waals surface area contributed by atoms with Gasteiger partial charge in [0.15, 0.2) is 0 Å². The van der Waals surface area contributed by atoms with Crippen molar-refractivity contribution in [2.45, 2.75) is 26.3 Å². The average Bonchev–Trinajstić information content (AvgIpc) is 1.88. The van der Waals surface area contributed by atoms with Crippen LogP contribution in [0.1, 0.15) is 20.8 Å². The van der Waals surface area contributed by atoms with Crippen LogP contribution in [0.2, 0.25) is 0 Å². The van der Waals surface area contributed by atoms with Gasteiger partial charge in [-0.1, -0.05) is 0 Å². The van der Waals surface area contributed by atoms with Crippen LogP contribution in [0.4, 0.5) is 0 Å². The lowest BCUT2D eigenvalue weighted by Gasteiger charge is -2.18. The topological polar surface area (TPSA) is 59.7 Å². The minimum atomic E-state index is -0.0505. The minimum Gasteiger partial charge on any atom is -0.385 e. The van der Waals surface area contributed by atoms with Crippen molar-refractivity contribution in [3.8, 4) is 6.07 Å². The van der Waals surface area contributed by atoms with Gasteiger partial charge in [-0.3, -0.25) is 0 Å². The Balaban J connectivity index is 4.13. The van der Waals surface area contributed by atoms with E-state index in [-0.39, 0.29) is 5.54 Å². The van der Waals surface area contributed by atoms with Gasteiger partial charge in [0.1, 0.15) is 6.07 Å². The highest BCUT2D eigenvalue weighted by atomic mass is 14.9. The van der Waals surface area contributed by atoms with Crippen molar-refractivity contribution in [3.05, 3.63) is 11.8 Å². The molecule has 0 aromatic carbocycles. The molecule has 0 saturated carbocycles. The summed E-state index contributed by atoms with van der Waals surface area (Å²) in [5, 5.41) is 18.2. The highest BCUT2D eigenvalue weighted by Crippen LogP contribution is 1.98. The third kappa shape index (κ3) is 5.16. The first-order chi connectivity index (χ1) is 4.99. The van der Waals surface area contributed by atoms with Gasteiger partial charge < -0.3 is 10.7 Å². The molecule has 0 spiro atoms. The van der Waals surface area contributed by atoms with Crippen molar-refractivity contribution in [2.75, 3.05) is 0 Å². The first-order valence-corrected chi connectivity index (χ1v) is 3.38. The normalized spacial score (nSPS) is 12.0. The molecule has 0 fully saturated rings. The Labute approximate surface area is 67.2 Å². The largest absolute Gasteiger partial charge is 0.385 e. The molecule has 0 unspecified atom stereocenters. The number of allylic oxidation sites excluding steroid dienone is 1. The molecule has 0 aliphatic heterocycles. The summed E-state index contributed by atoms with van der Waals surface area (Å²) in [5.74, 6) is 0. The molecule has 0 aliphatic carbocycles. The summed E-state index contributed by atoms with van der Waals surface area (Å²) < 4.78 is 0. The second-order valence-corrected chi connectivity index (χ2v) is 3.25. The van der Waals surface area contributed by atoms with E-state index in [1.807, 2.05) is 26.8 Å². The van der Waals surface area contributed by atoms with E-state index in [9.17, 15) is 0 Å². The van der Waals surface area contributed by atoms with Gasteiger partial charge in [-0.25, -0.2) is 0 Å². The van der Waals surface area contributed by atoms with Gasteiger partial charge in [0, 0.05) is 18.0 Å². The highest BCUT2D eigenvalue weighted by Gasteiger charge is 2.05. The van der Waals surface area contributed by atoms with Gasteiger partial charge in [-0.2, -0.15) is 5.26 Å². The van der Waals surface area contributed by atoms with Gasteiger partial charge in [-0.05, 0) is 20.8 Å². The first-order valence-electron chi connectivity index (χ1n) is 3.38. The summed E-state index contributed by atoms with van der Waals surface area (Å²) in [5.41, 5.74) is 0.283. The van der Waals surface area contributed by atoms with Crippen LogP contribution >= 0.6 is 0 Å². The lowest BCUT2D eigenvalue weighted by molar-refractivity contribution is 0.491. The predicted molar refractivity (Wildman–Crippen MR) is 45.4 cm³/mol. The fourth-order valence-electron chi connectivity index (χ4n) is 0.400. The van der Waals surface area contributed by atoms with E-state index in [4.69, 9.17) is 10.7 Å². The second kappa shape index (κ2) is 3.77. The van der Waals surface area contributed by atoms with Crippen LogP contribution in [0.5, 0.6) is 0 Å². The smallest absolute Gasteiger partial charge is 0.102 e. The van der Waals surface area contributed by atoms with Crippen LogP contribution < -0.4 is 5.32 Å². The van der Waals surface area contributed by atoms with Crippen molar-refractivity contribution >= 4 is 6.21 Å². The standard InChI is InChI=1S/C8H13N3/c1-8(2,3)11-6-7(4-9)5-10/h4,6,9,11H,1-3H3/b7-6+,9-4?. The Morgan fingerprint density at radius 2 is 2.09 bits per heavy atom.